The molecule has 0 aliphatic heterocycles. The highest BCUT2D eigenvalue weighted by Crippen LogP contribution is 2.25. The molecule has 1 aromatic heterocycles. The number of rotatable bonds is 4. The van der Waals surface area contributed by atoms with Crippen molar-refractivity contribution in [2.75, 3.05) is 10.6 Å². The third-order valence-electron chi connectivity index (χ3n) is 4.53. The van der Waals surface area contributed by atoms with Crippen LogP contribution < -0.4 is 10.6 Å². The fraction of sp³-hybridized carbons (Fsp3) is 0.474. The number of nitrogens with one attached hydrogen (secondary N) is 2. The first-order valence-corrected chi connectivity index (χ1v) is 8.56. The first kappa shape index (κ1) is 15.8. The van der Waals surface area contributed by atoms with Gasteiger partial charge in [0.1, 0.15) is 5.82 Å². The average Bonchev–Trinajstić information content (AvgIpc) is 2.52. The van der Waals surface area contributed by atoms with Gasteiger partial charge in [0.25, 0.3) is 0 Å². The molecule has 4 heteroatoms. The molecule has 1 aliphatic carbocycles. The van der Waals surface area contributed by atoms with Crippen LogP contribution in [0.4, 0.5) is 17.5 Å². The molecule has 2 aromatic rings. The highest BCUT2D eigenvalue weighted by atomic mass is 15.1. The van der Waals surface area contributed by atoms with Crippen molar-refractivity contribution >= 4 is 17.5 Å². The number of nitrogens with zero attached hydrogens (tertiary/aromatic N) is 2. The maximum atomic E-state index is 4.63. The monoisotopic (exact) mass is 310 g/mol. The first-order valence-electron chi connectivity index (χ1n) is 8.56. The van der Waals surface area contributed by atoms with Crippen LogP contribution in [-0.4, -0.2) is 16.0 Å². The van der Waals surface area contributed by atoms with Crippen LogP contribution in [0.1, 0.15) is 48.8 Å². The molecule has 0 unspecified atom stereocenters. The normalized spacial score (nSPS) is 15.4. The lowest BCUT2D eigenvalue weighted by Gasteiger charge is -2.23. The van der Waals surface area contributed by atoms with Gasteiger partial charge in [0, 0.05) is 17.9 Å². The zero-order valence-electron chi connectivity index (χ0n) is 14.3. The minimum Gasteiger partial charge on any atom is -0.367 e. The molecular weight excluding hydrogens is 284 g/mol. The molecule has 122 valence electrons. The SMILES string of the molecule is Cc1cc(C)c(Nc2nccc(NC3CCCCC3)n2)c(C)c1. The Hall–Kier alpha value is -2.10. The summed E-state index contributed by atoms with van der Waals surface area (Å²) in [4.78, 5) is 9.00. The Labute approximate surface area is 138 Å². The molecule has 0 spiro atoms. The number of anilines is 3. The number of benzene rings is 1. The van der Waals surface area contributed by atoms with Crippen LogP contribution in [-0.2, 0) is 0 Å². The van der Waals surface area contributed by atoms with E-state index in [1.807, 2.05) is 12.3 Å². The Bertz CT molecular complexity index is 652. The van der Waals surface area contributed by atoms with Gasteiger partial charge in [0.2, 0.25) is 5.95 Å². The van der Waals surface area contributed by atoms with Gasteiger partial charge >= 0.3 is 0 Å². The fourth-order valence-electron chi connectivity index (χ4n) is 3.44. The summed E-state index contributed by atoms with van der Waals surface area (Å²) in [7, 11) is 0. The van der Waals surface area contributed by atoms with Crippen molar-refractivity contribution in [2.24, 2.45) is 0 Å². The molecule has 2 N–H and O–H groups in total. The van der Waals surface area contributed by atoms with Gasteiger partial charge in [0.05, 0.1) is 0 Å². The molecule has 1 aliphatic rings. The summed E-state index contributed by atoms with van der Waals surface area (Å²) in [6, 6.07) is 6.86. The van der Waals surface area contributed by atoms with Gasteiger partial charge in [-0.05, 0) is 50.8 Å². The molecule has 1 saturated carbocycles. The van der Waals surface area contributed by atoms with E-state index in [0.29, 0.717) is 12.0 Å². The topological polar surface area (TPSA) is 49.8 Å². The second-order valence-electron chi connectivity index (χ2n) is 6.64. The fourth-order valence-corrected chi connectivity index (χ4v) is 3.44. The lowest BCUT2D eigenvalue weighted by atomic mass is 9.95. The van der Waals surface area contributed by atoms with Gasteiger partial charge in [-0.1, -0.05) is 37.0 Å². The maximum Gasteiger partial charge on any atom is 0.229 e. The zero-order valence-corrected chi connectivity index (χ0v) is 14.3. The average molecular weight is 310 g/mol. The molecule has 3 rings (SSSR count). The van der Waals surface area contributed by atoms with Crippen LogP contribution >= 0.6 is 0 Å². The second kappa shape index (κ2) is 6.99. The van der Waals surface area contributed by atoms with Crippen molar-refractivity contribution in [3.05, 3.63) is 41.1 Å². The van der Waals surface area contributed by atoms with Gasteiger partial charge in [-0.3, -0.25) is 0 Å². The standard InChI is InChI=1S/C19H26N4/c1-13-11-14(2)18(15(3)12-13)23-19-20-10-9-17(22-19)21-16-7-5-4-6-8-16/h9-12,16H,4-8H2,1-3H3,(H2,20,21,22,23). The second-order valence-corrected chi connectivity index (χ2v) is 6.64. The maximum absolute atomic E-state index is 4.63. The van der Waals surface area contributed by atoms with Gasteiger partial charge < -0.3 is 10.6 Å². The van der Waals surface area contributed by atoms with E-state index in [1.165, 1.54) is 48.8 Å². The highest BCUT2D eigenvalue weighted by molar-refractivity contribution is 5.64. The molecule has 0 atom stereocenters. The molecule has 1 heterocycles. The summed E-state index contributed by atoms with van der Waals surface area (Å²) in [6.45, 7) is 6.36. The summed E-state index contributed by atoms with van der Waals surface area (Å²) in [5.74, 6) is 1.57. The smallest absolute Gasteiger partial charge is 0.229 e. The van der Waals surface area contributed by atoms with Crippen LogP contribution in [0.15, 0.2) is 24.4 Å². The number of aromatic nitrogens is 2. The van der Waals surface area contributed by atoms with Gasteiger partial charge in [-0.25, -0.2) is 4.98 Å². The Kier molecular flexibility index (Phi) is 4.79. The molecule has 1 aromatic carbocycles. The molecule has 1 fully saturated rings. The third-order valence-corrected chi connectivity index (χ3v) is 4.53. The zero-order chi connectivity index (χ0) is 16.2. The Morgan fingerprint density at radius 1 is 1.00 bits per heavy atom. The highest BCUT2D eigenvalue weighted by Gasteiger charge is 2.14. The van der Waals surface area contributed by atoms with Crippen molar-refractivity contribution in [3.63, 3.8) is 0 Å². The van der Waals surface area contributed by atoms with E-state index in [9.17, 15) is 0 Å². The van der Waals surface area contributed by atoms with E-state index in [2.05, 4.69) is 53.5 Å². The Balaban J connectivity index is 1.75. The Morgan fingerprint density at radius 3 is 2.39 bits per heavy atom. The summed E-state index contributed by atoms with van der Waals surface area (Å²) in [6.07, 6.45) is 8.29. The van der Waals surface area contributed by atoms with E-state index >= 15 is 0 Å². The van der Waals surface area contributed by atoms with Crippen LogP contribution in [0.5, 0.6) is 0 Å². The van der Waals surface area contributed by atoms with Gasteiger partial charge in [-0.2, -0.15) is 4.98 Å². The van der Waals surface area contributed by atoms with Crippen molar-refractivity contribution < 1.29 is 0 Å². The minimum atomic E-state index is 0.550. The van der Waals surface area contributed by atoms with E-state index in [-0.39, 0.29) is 0 Å². The minimum absolute atomic E-state index is 0.550. The van der Waals surface area contributed by atoms with Crippen LogP contribution in [0, 0.1) is 20.8 Å². The first-order chi connectivity index (χ1) is 11.1. The predicted molar refractivity (Wildman–Crippen MR) is 96.5 cm³/mol. The summed E-state index contributed by atoms with van der Waals surface area (Å²) >= 11 is 0. The molecule has 0 radical (unpaired) electrons. The lowest BCUT2D eigenvalue weighted by Crippen LogP contribution is -2.23. The van der Waals surface area contributed by atoms with Crippen LogP contribution in [0.25, 0.3) is 0 Å². The van der Waals surface area contributed by atoms with E-state index in [1.54, 1.807) is 0 Å². The molecule has 23 heavy (non-hydrogen) atoms. The summed E-state index contributed by atoms with van der Waals surface area (Å²) in [5.41, 5.74) is 4.82. The third kappa shape index (κ3) is 4.01. The van der Waals surface area contributed by atoms with E-state index in [0.717, 1.165) is 11.5 Å². The number of hydrogen-bond acceptors (Lipinski definition) is 4. The lowest BCUT2D eigenvalue weighted by molar-refractivity contribution is 0.462. The van der Waals surface area contributed by atoms with Crippen molar-refractivity contribution in [2.45, 2.75) is 58.9 Å². The largest absolute Gasteiger partial charge is 0.367 e. The number of hydrogen-bond donors (Lipinski definition) is 2. The van der Waals surface area contributed by atoms with Crippen molar-refractivity contribution in [3.8, 4) is 0 Å². The molecular formula is C19H26N4. The molecule has 4 nitrogen and oxygen atoms in total. The summed E-state index contributed by atoms with van der Waals surface area (Å²) < 4.78 is 0. The number of aryl methyl sites for hydroxylation is 3. The molecule has 0 bridgehead atoms. The van der Waals surface area contributed by atoms with E-state index in [4.69, 9.17) is 0 Å². The van der Waals surface area contributed by atoms with Crippen molar-refractivity contribution in [1.82, 2.24) is 9.97 Å². The molecule has 0 amide bonds. The Morgan fingerprint density at radius 2 is 1.70 bits per heavy atom. The van der Waals surface area contributed by atoms with E-state index < -0.39 is 0 Å². The molecule has 0 saturated heterocycles. The predicted octanol–water partition coefficient (Wildman–Crippen LogP) is 4.89. The van der Waals surface area contributed by atoms with Gasteiger partial charge in [-0.15, -0.1) is 0 Å². The quantitative estimate of drug-likeness (QED) is 0.844. The van der Waals surface area contributed by atoms with Gasteiger partial charge in [0.15, 0.2) is 0 Å². The van der Waals surface area contributed by atoms with Crippen molar-refractivity contribution in [1.29, 1.82) is 0 Å². The summed E-state index contributed by atoms with van der Waals surface area (Å²) in [5, 5.41) is 6.94. The van der Waals surface area contributed by atoms with Crippen LogP contribution in [0.2, 0.25) is 0 Å². The van der Waals surface area contributed by atoms with Crippen LogP contribution in [0.3, 0.4) is 0 Å².